The first-order valence-electron chi connectivity index (χ1n) is 8.88. The molecule has 0 saturated heterocycles. The number of aliphatic imine (C=N–C) groups is 2. The second kappa shape index (κ2) is 8.73. The van der Waals surface area contributed by atoms with Crippen LogP contribution < -0.4 is 4.74 Å². The van der Waals surface area contributed by atoms with Crippen molar-refractivity contribution in [1.82, 2.24) is 4.90 Å². The number of nitrogens with zero attached hydrogens (tertiary/aromatic N) is 4. The first-order chi connectivity index (χ1) is 13.9. The van der Waals surface area contributed by atoms with E-state index in [0.717, 1.165) is 27.6 Å². The molecule has 0 spiro atoms. The number of halogens is 1. The van der Waals surface area contributed by atoms with Crippen molar-refractivity contribution in [1.29, 1.82) is 5.26 Å². The Hall–Kier alpha value is -2.75. The SMILES string of the molecule is COc1cc2c(cc1C#N)C(c1ccccc1Cl)=NC(=C(C)N(C)C)C(SC)=N2. The van der Waals surface area contributed by atoms with Crippen molar-refractivity contribution in [2.45, 2.75) is 6.92 Å². The largest absolute Gasteiger partial charge is 0.495 e. The highest BCUT2D eigenvalue weighted by atomic mass is 35.5. The van der Waals surface area contributed by atoms with Crippen molar-refractivity contribution in [3.8, 4) is 11.8 Å². The number of benzene rings is 2. The van der Waals surface area contributed by atoms with Gasteiger partial charge in [-0.25, -0.2) is 9.98 Å². The summed E-state index contributed by atoms with van der Waals surface area (Å²) < 4.78 is 5.40. The lowest BCUT2D eigenvalue weighted by atomic mass is 9.98. The minimum Gasteiger partial charge on any atom is -0.495 e. The van der Waals surface area contributed by atoms with Gasteiger partial charge in [-0.2, -0.15) is 5.26 Å². The molecular formula is C22H21ClN4OS. The van der Waals surface area contributed by atoms with Gasteiger partial charge in [0.1, 0.15) is 22.6 Å². The van der Waals surface area contributed by atoms with Gasteiger partial charge in [-0.15, -0.1) is 11.8 Å². The number of rotatable bonds is 3. The van der Waals surface area contributed by atoms with Crippen LogP contribution in [0, 0.1) is 11.3 Å². The summed E-state index contributed by atoms with van der Waals surface area (Å²) in [5, 5.41) is 11.0. The van der Waals surface area contributed by atoms with Crippen molar-refractivity contribution in [3.05, 3.63) is 69.5 Å². The molecule has 0 aromatic heterocycles. The van der Waals surface area contributed by atoms with E-state index >= 15 is 0 Å². The Bertz CT molecular complexity index is 1100. The molecule has 29 heavy (non-hydrogen) atoms. The third kappa shape index (κ3) is 4.02. The van der Waals surface area contributed by atoms with Crippen LogP contribution in [0.5, 0.6) is 5.75 Å². The maximum absolute atomic E-state index is 9.59. The number of thioether (sulfide) groups is 1. The summed E-state index contributed by atoms with van der Waals surface area (Å²) in [7, 11) is 5.49. The highest BCUT2D eigenvalue weighted by molar-refractivity contribution is 8.13. The molecule has 1 aliphatic heterocycles. The van der Waals surface area contributed by atoms with Gasteiger partial charge in [0.2, 0.25) is 0 Å². The van der Waals surface area contributed by atoms with Gasteiger partial charge in [-0.3, -0.25) is 0 Å². The molecule has 0 radical (unpaired) electrons. The molecule has 7 heteroatoms. The third-order valence-corrected chi connectivity index (χ3v) is 5.68. The predicted molar refractivity (Wildman–Crippen MR) is 122 cm³/mol. The zero-order valence-corrected chi connectivity index (χ0v) is 18.5. The lowest BCUT2D eigenvalue weighted by molar-refractivity contribution is 0.413. The zero-order valence-electron chi connectivity index (χ0n) is 16.9. The Balaban J connectivity index is 2.44. The highest BCUT2D eigenvalue weighted by Gasteiger charge is 2.24. The number of allylic oxidation sites excluding steroid dienone is 1. The van der Waals surface area contributed by atoms with E-state index in [1.807, 2.05) is 56.4 Å². The second-order valence-electron chi connectivity index (χ2n) is 6.57. The zero-order chi connectivity index (χ0) is 21.1. The fourth-order valence-corrected chi connectivity index (χ4v) is 3.74. The first-order valence-corrected chi connectivity index (χ1v) is 10.5. The van der Waals surface area contributed by atoms with Gasteiger partial charge in [0.05, 0.1) is 24.1 Å². The maximum Gasteiger partial charge on any atom is 0.138 e. The summed E-state index contributed by atoms with van der Waals surface area (Å²) in [5.41, 5.74) is 5.05. The molecule has 0 N–H and O–H groups in total. The van der Waals surface area contributed by atoms with E-state index in [-0.39, 0.29) is 0 Å². The average molecular weight is 425 g/mol. The van der Waals surface area contributed by atoms with Crippen molar-refractivity contribution < 1.29 is 4.74 Å². The number of nitriles is 1. The summed E-state index contributed by atoms with van der Waals surface area (Å²) in [6.45, 7) is 2.01. The van der Waals surface area contributed by atoms with Gasteiger partial charge in [0, 0.05) is 42.0 Å². The highest BCUT2D eigenvalue weighted by Crippen LogP contribution is 2.37. The smallest absolute Gasteiger partial charge is 0.138 e. The van der Waals surface area contributed by atoms with Gasteiger partial charge < -0.3 is 9.64 Å². The van der Waals surface area contributed by atoms with Gasteiger partial charge in [-0.05, 0) is 25.3 Å². The van der Waals surface area contributed by atoms with Crippen molar-refractivity contribution in [3.63, 3.8) is 0 Å². The Labute approximate surface area is 180 Å². The topological polar surface area (TPSA) is 61.0 Å². The van der Waals surface area contributed by atoms with Crippen LogP contribution in [0.2, 0.25) is 5.02 Å². The van der Waals surface area contributed by atoms with Crippen molar-refractivity contribution in [2.24, 2.45) is 9.98 Å². The van der Waals surface area contributed by atoms with Gasteiger partial charge in [0.25, 0.3) is 0 Å². The Morgan fingerprint density at radius 3 is 2.48 bits per heavy atom. The standard InChI is InChI=1S/C22H21ClN4OS/c1-13(27(2)3)20-22(29-5)25-18-11-19(28-4)14(12-24)10-16(18)21(26-20)15-8-6-7-9-17(15)23/h6-11H,1-5H3. The van der Waals surface area contributed by atoms with Crippen molar-refractivity contribution >= 4 is 39.8 Å². The van der Waals surface area contributed by atoms with E-state index in [0.29, 0.717) is 27.7 Å². The molecule has 148 valence electrons. The molecule has 0 fully saturated rings. The molecule has 5 nitrogen and oxygen atoms in total. The molecule has 0 atom stereocenters. The maximum atomic E-state index is 9.59. The molecule has 0 aliphatic carbocycles. The van der Waals surface area contributed by atoms with Crippen LogP contribution in [-0.2, 0) is 0 Å². The number of hydrogen-bond donors (Lipinski definition) is 0. The van der Waals surface area contributed by atoms with Crippen LogP contribution in [-0.4, -0.2) is 43.1 Å². The lowest BCUT2D eigenvalue weighted by Crippen LogP contribution is -2.14. The Morgan fingerprint density at radius 2 is 1.90 bits per heavy atom. The van der Waals surface area contributed by atoms with E-state index < -0.39 is 0 Å². The lowest BCUT2D eigenvalue weighted by Gasteiger charge is -2.17. The quantitative estimate of drug-likeness (QED) is 0.674. The summed E-state index contributed by atoms with van der Waals surface area (Å²) in [4.78, 5) is 11.9. The molecule has 0 amide bonds. The van der Waals surface area contributed by atoms with Crippen LogP contribution in [0.1, 0.15) is 23.6 Å². The number of methoxy groups -OCH3 is 1. The molecule has 0 bridgehead atoms. The van der Waals surface area contributed by atoms with Crippen LogP contribution in [0.15, 0.2) is 57.8 Å². The number of ether oxygens (including phenoxy) is 1. The Morgan fingerprint density at radius 1 is 1.17 bits per heavy atom. The molecule has 2 aromatic carbocycles. The fourth-order valence-electron chi connectivity index (χ4n) is 2.94. The predicted octanol–water partition coefficient (Wildman–Crippen LogP) is 5.26. The molecule has 0 saturated carbocycles. The summed E-state index contributed by atoms with van der Waals surface area (Å²) >= 11 is 8.05. The second-order valence-corrected chi connectivity index (χ2v) is 7.77. The van der Waals surface area contributed by atoms with Crippen molar-refractivity contribution in [2.75, 3.05) is 27.5 Å². The molecule has 0 unspecified atom stereocenters. The number of fused-ring (bicyclic) bond motifs is 1. The molecular weight excluding hydrogens is 404 g/mol. The first kappa shape index (κ1) is 21.0. The minimum atomic E-state index is 0.420. The minimum absolute atomic E-state index is 0.420. The van der Waals surface area contributed by atoms with E-state index in [1.54, 1.807) is 19.2 Å². The van der Waals surface area contributed by atoms with Gasteiger partial charge in [-0.1, -0.05) is 29.8 Å². The normalized spacial score (nSPS) is 14.8. The van der Waals surface area contributed by atoms with Crippen LogP contribution in [0.4, 0.5) is 5.69 Å². The van der Waals surface area contributed by atoms with Crippen LogP contribution in [0.3, 0.4) is 0 Å². The van der Waals surface area contributed by atoms with Gasteiger partial charge >= 0.3 is 0 Å². The average Bonchev–Trinajstić information content (AvgIpc) is 2.88. The van der Waals surface area contributed by atoms with E-state index in [1.165, 1.54) is 11.8 Å². The molecule has 3 rings (SSSR count). The third-order valence-electron chi connectivity index (χ3n) is 4.68. The number of hydrogen-bond acceptors (Lipinski definition) is 6. The fraction of sp³-hybridized carbons (Fsp3) is 0.227. The van der Waals surface area contributed by atoms with E-state index in [9.17, 15) is 5.26 Å². The van der Waals surface area contributed by atoms with E-state index in [2.05, 4.69) is 6.07 Å². The summed E-state index contributed by atoms with van der Waals surface area (Å²) in [6, 6.07) is 13.3. The van der Waals surface area contributed by atoms with Gasteiger partial charge in [0.15, 0.2) is 0 Å². The molecule has 1 heterocycles. The van der Waals surface area contributed by atoms with Crippen LogP contribution in [0.25, 0.3) is 0 Å². The van der Waals surface area contributed by atoms with E-state index in [4.69, 9.17) is 26.3 Å². The molecule has 2 aromatic rings. The molecule has 1 aliphatic rings. The Kier molecular flexibility index (Phi) is 6.31. The summed E-state index contributed by atoms with van der Waals surface area (Å²) in [5.74, 6) is 0.478. The summed E-state index contributed by atoms with van der Waals surface area (Å²) in [6.07, 6.45) is 1.97. The monoisotopic (exact) mass is 424 g/mol. The van der Waals surface area contributed by atoms with Crippen LogP contribution >= 0.6 is 23.4 Å².